The Kier molecular flexibility index (Phi) is 4.78. The molecule has 2 aromatic rings. The van der Waals surface area contributed by atoms with Crippen molar-refractivity contribution in [2.24, 2.45) is 0 Å². The molecule has 0 aliphatic carbocycles. The molecule has 0 unspecified atom stereocenters. The van der Waals surface area contributed by atoms with Gasteiger partial charge in [0.25, 0.3) is 0 Å². The molecule has 0 bridgehead atoms. The molecular formula is C12H12ClN3OS. The molecule has 0 N–H and O–H groups in total. The van der Waals surface area contributed by atoms with E-state index < -0.39 is 0 Å². The summed E-state index contributed by atoms with van der Waals surface area (Å²) in [7, 11) is 0. The van der Waals surface area contributed by atoms with Crippen molar-refractivity contribution in [1.82, 2.24) is 15.0 Å². The Hall–Kier alpha value is -1.33. The van der Waals surface area contributed by atoms with Crippen molar-refractivity contribution < 1.29 is 4.74 Å². The van der Waals surface area contributed by atoms with Crippen LogP contribution in [0.25, 0.3) is 0 Å². The summed E-state index contributed by atoms with van der Waals surface area (Å²) in [6.45, 7) is 0.512. The van der Waals surface area contributed by atoms with E-state index in [1.165, 1.54) is 11.8 Å². The largest absolute Gasteiger partial charge is 0.477 e. The van der Waals surface area contributed by atoms with E-state index in [4.69, 9.17) is 16.3 Å². The normalized spacial score (nSPS) is 10.3. The van der Waals surface area contributed by atoms with Crippen LogP contribution in [0.15, 0.2) is 35.6 Å². The second-order valence-electron chi connectivity index (χ2n) is 3.44. The van der Waals surface area contributed by atoms with E-state index in [0.29, 0.717) is 22.8 Å². The second kappa shape index (κ2) is 6.56. The number of hydrogen-bond acceptors (Lipinski definition) is 5. The lowest BCUT2D eigenvalue weighted by molar-refractivity contribution is 0.305. The van der Waals surface area contributed by atoms with Crippen molar-refractivity contribution >= 4 is 23.4 Å². The minimum atomic E-state index is 0.391. The highest BCUT2D eigenvalue weighted by molar-refractivity contribution is 7.98. The first-order valence-corrected chi connectivity index (χ1v) is 6.99. The summed E-state index contributed by atoms with van der Waals surface area (Å²) in [5.74, 6) is 0.496. The van der Waals surface area contributed by atoms with Crippen LogP contribution in [0.4, 0.5) is 0 Å². The zero-order valence-electron chi connectivity index (χ0n) is 9.84. The predicted octanol–water partition coefficient (Wildman–Crippen LogP) is 2.87. The molecule has 0 aromatic carbocycles. The first-order valence-electron chi connectivity index (χ1n) is 5.39. The fraction of sp³-hybridized carbons (Fsp3) is 0.250. The van der Waals surface area contributed by atoms with Crippen molar-refractivity contribution in [3.8, 4) is 5.88 Å². The average Bonchev–Trinajstić information content (AvgIpc) is 2.39. The summed E-state index contributed by atoms with van der Waals surface area (Å²) in [6, 6.07) is 7.42. The SMILES string of the molecule is CSc1nc(Cl)cc(OCCc2ccccn2)n1. The molecule has 0 aliphatic rings. The van der Waals surface area contributed by atoms with Crippen molar-refractivity contribution in [3.05, 3.63) is 41.3 Å². The van der Waals surface area contributed by atoms with E-state index in [9.17, 15) is 0 Å². The molecule has 0 spiro atoms. The van der Waals surface area contributed by atoms with Gasteiger partial charge in [-0.2, -0.15) is 4.98 Å². The topological polar surface area (TPSA) is 47.9 Å². The third kappa shape index (κ3) is 3.85. The Morgan fingerprint density at radius 3 is 2.94 bits per heavy atom. The highest BCUT2D eigenvalue weighted by atomic mass is 35.5. The lowest BCUT2D eigenvalue weighted by Gasteiger charge is -2.06. The summed E-state index contributed by atoms with van der Waals surface area (Å²) in [5, 5.41) is 0.998. The number of aromatic nitrogens is 3. The van der Waals surface area contributed by atoms with Gasteiger partial charge >= 0.3 is 0 Å². The van der Waals surface area contributed by atoms with E-state index in [-0.39, 0.29) is 0 Å². The van der Waals surface area contributed by atoms with Crippen LogP contribution >= 0.6 is 23.4 Å². The van der Waals surface area contributed by atoms with E-state index in [1.807, 2.05) is 24.5 Å². The lowest BCUT2D eigenvalue weighted by atomic mass is 10.3. The Bertz CT molecular complexity index is 510. The fourth-order valence-electron chi connectivity index (χ4n) is 1.35. The number of hydrogen-bond donors (Lipinski definition) is 0. The van der Waals surface area contributed by atoms with Crippen molar-refractivity contribution in [2.45, 2.75) is 11.6 Å². The van der Waals surface area contributed by atoms with Crippen molar-refractivity contribution in [1.29, 1.82) is 0 Å². The lowest BCUT2D eigenvalue weighted by Crippen LogP contribution is -2.04. The predicted molar refractivity (Wildman–Crippen MR) is 72.3 cm³/mol. The van der Waals surface area contributed by atoms with Gasteiger partial charge < -0.3 is 4.74 Å². The summed E-state index contributed by atoms with van der Waals surface area (Å²) in [5.41, 5.74) is 0.989. The first kappa shape index (κ1) is 13.1. The van der Waals surface area contributed by atoms with Crippen LogP contribution in [0, 0.1) is 0 Å². The smallest absolute Gasteiger partial charge is 0.218 e. The van der Waals surface area contributed by atoms with Crippen molar-refractivity contribution in [2.75, 3.05) is 12.9 Å². The Labute approximate surface area is 115 Å². The molecule has 18 heavy (non-hydrogen) atoms. The summed E-state index contributed by atoms with van der Waals surface area (Å²) < 4.78 is 5.54. The quantitative estimate of drug-likeness (QED) is 0.479. The maximum Gasteiger partial charge on any atom is 0.218 e. The monoisotopic (exact) mass is 281 g/mol. The second-order valence-corrected chi connectivity index (χ2v) is 4.60. The van der Waals surface area contributed by atoms with Gasteiger partial charge in [-0.3, -0.25) is 4.98 Å². The minimum Gasteiger partial charge on any atom is -0.477 e. The van der Waals surface area contributed by atoms with E-state index in [2.05, 4.69) is 15.0 Å². The molecule has 0 saturated heterocycles. The molecule has 6 heteroatoms. The van der Waals surface area contributed by atoms with Gasteiger partial charge in [-0.25, -0.2) is 4.98 Å². The summed E-state index contributed by atoms with van der Waals surface area (Å²) in [6.07, 6.45) is 4.39. The maximum absolute atomic E-state index is 5.87. The van der Waals surface area contributed by atoms with E-state index in [0.717, 1.165) is 12.1 Å². The Morgan fingerprint density at radius 2 is 2.22 bits per heavy atom. The molecule has 0 saturated carbocycles. The van der Waals surface area contributed by atoms with E-state index >= 15 is 0 Å². The zero-order valence-corrected chi connectivity index (χ0v) is 11.4. The summed E-state index contributed by atoms with van der Waals surface area (Å²) >= 11 is 7.30. The standard InChI is InChI=1S/C12H12ClN3OS/c1-18-12-15-10(13)8-11(16-12)17-7-5-9-4-2-3-6-14-9/h2-4,6,8H,5,7H2,1H3. The molecule has 0 amide bonds. The number of rotatable bonds is 5. The Morgan fingerprint density at radius 1 is 1.33 bits per heavy atom. The number of halogens is 1. The fourth-order valence-corrected chi connectivity index (χ4v) is 1.94. The van der Waals surface area contributed by atoms with Crippen LogP contribution in [0.1, 0.15) is 5.69 Å². The van der Waals surface area contributed by atoms with Crippen LogP contribution in [-0.2, 0) is 6.42 Å². The van der Waals surface area contributed by atoms with Crippen molar-refractivity contribution in [3.63, 3.8) is 0 Å². The van der Waals surface area contributed by atoms with Gasteiger partial charge in [0, 0.05) is 24.4 Å². The minimum absolute atomic E-state index is 0.391. The van der Waals surface area contributed by atoms with Crippen LogP contribution < -0.4 is 4.74 Å². The molecule has 94 valence electrons. The number of nitrogens with zero attached hydrogens (tertiary/aromatic N) is 3. The molecule has 2 heterocycles. The van der Waals surface area contributed by atoms with Gasteiger partial charge in [0.1, 0.15) is 5.15 Å². The highest BCUT2D eigenvalue weighted by Crippen LogP contribution is 2.18. The van der Waals surface area contributed by atoms with Gasteiger partial charge in [0.15, 0.2) is 5.16 Å². The van der Waals surface area contributed by atoms with Gasteiger partial charge in [-0.05, 0) is 18.4 Å². The van der Waals surface area contributed by atoms with Gasteiger partial charge in [0.2, 0.25) is 5.88 Å². The third-order valence-electron chi connectivity index (χ3n) is 2.17. The molecule has 2 aromatic heterocycles. The average molecular weight is 282 g/mol. The molecule has 0 atom stereocenters. The van der Waals surface area contributed by atoms with Crippen LogP contribution in [-0.4, -0.2) is 27.8 Å². The number of pyridine rings is 1. The maximum atomic E-state index is 5.87. The van der Waals surface area contributed by atoms with E-state index in [1.54, 1.807) is 12.3 Å². The van der Waals surface area contributed by atoms with Gasteiger partial charge in [-0.15, -0.1) is 0 Å². The van der Waals surface area contributed by atoms with Crippen LogP contribution in [0.5, 0.6) is 5.88 Å². The highest BCUT2D eigenvalue weighted by Gasteiger charge is 2.03. The molecular weight excluding hydrogens is 270 g/mol. The molecule has 0 aliphatic heterocycles. The Balaban J connectivity index is 1.92. The third-order valence-corrected chi connectivity index (χ3v) is 2.91. The number of thioether (sulfide) groups is 1. The van der Waals surface area contributed by atoms with Gasteiger partial charge in [-0.1, -0.05) is 29.4 Å². The van der Waals surface area contributed by atoms with Crippen LogP contribution in [0.2, 0.25) is 5.15 Å². The molecule has 0 radical (unpaired) electrons. The molecule has 2 rings (SSSR count). The number of ether oxygens (including phenoxy) is 1. The van der Waals surface area contributed by atoms with Crippen LogP contribution in [0.3, 0.4) is 0 Å². The molecule has 0 fully saturated rings. The molecule has 4 nitrogen and oxygen atoms in total. The first-order chi connectivity index (χ1) is 8.78. The van der Waals surface area contributed by atoms with Gasteiger partial charge in [0.05, 0.1) is 6.61 Å². The summed E-state index contributed by atoms with van der Waals surface area (Å²) in [4.78, 5) is 12.5. The zero-order chi connectivity index (χ0) is 12.8.